The summed E-state index contributed by atoms with van der Waals surface area (Å²) in [6.07, 6.45) is 5.82. The van der Waals surface area contributed by atoms with E-state index in [0.29, 0.717) is 5.95 Å². The van der Waals surface area contributed by atoms with Crippen molar-refractivity contribution in [2.75, 3.05) is 30.4 Å². The molecular weight excluding hydrogens is 212 g/mol. The number of nitrogens with one attached hydrogen (secondary N) is 1. The van der Waals surface area contributed by atoms with Crippen molar-refractivity contribution in [3.05, 3.63) is 11.8 Å². The van der Waals surface area contributed by atoms with Crippen LogP contribution in [0.15, 0.2) is 6.20 Å². The smallest absolute Gasteiger partial charge is 0.224 e. The molecule has 4 heteroatoms. The third-order valence-electron chi connectivity index (χ3n) is 3.45. The van der Waals surface area contributed by atoms with E-state index >= 15 is 0 Å². The maximum atomic E-state index is 4.57. The monoisotopic (exact) mass is 234 g/mol. The van der Waals surface area contributed by atoms with Crippen LogP contribution in [-0.4, -0.2) is 30.1 Å². The van der Waals surface area contributed by atoms with Gasteiger partial charge in [-0.3, -0.25) is 0 Å². The van der Waals surface area contributed by atoms with Crippen molar-refractivity contribution in [2.45, 2.75) is 33.1 Å². The Morgan fingerprint density at radius 2 is 2.35 bits per heavy atom. The minimum Gasteiger partial charge on any atom is -0.357 e. The summed E-state index contributed by atoms with van der Waals surface area (Å²) in [5.74, 6) is 2.65. The fourth-order valence-electron chi connectivity index (χ4n) is 2.54. The molecule has 1 aromatic heterocycles. The molecule has 1 fully saturated rings. The largest absolute Gasteiger partial charge is 0.357 e. The minimum absolute atomic E-state index is 0.713. The van der Waals surface area contributed by atoms with Crippen molar-refractivity contribution in [3.63, 3.8) is 0 Å². The Kier molecular flexibility index (Phi) is 3.82. The summed E-state index contributed by atoms with van der Waals surface area (Å²) in [7, 11) is 1.86. The van der Waals surface area contributed by atoms with E-state index in [2.05, 4.69) is 34.0 Å². The molecule has 1 aliphatic heterocycles. The maximum absolute atomic E-state index is 4.57. The van der Waals surface area contributed by atoms with Gasteiger partial charge in [0.2, 0.25) is 5.95 Å². The van der Waals surface area contributed by atoms with E-state index in [-0.39, 0.29) is 0 Å². The molecular formula is C13H22N4. The van der Waals surface area contributed by atoms with Crippen molar-refractivity contribution in [3.8, 4) is 0 Å². The molecule has 1 aliphatic rings. The molecule has 1 unspecified atom stereocenters. The van der Waals surface area contributed by atoms with Crippen molar-refractivity contribution >= 4 is 11.8 Å². The van der Waals surface area contributed by atoms with Gasteiger partial charge in [0.1, 0.15) is 5.82 Å². The molecule has 1 aromatic rings. The Hall–Kier alpha value is -1.32. The van der Waals surface area contributed by atoms with Crippen LogP contribution in [0.1, 0.15) is 31.7 Å². The standard InChI is InChI=1S/C13H22N4/c1-4-5-11-6-7-17(9-11)12-10(2)8-15-13(14-3)16-12/h8,11H,4-7,9H2,1-3H3,(H,14,15,16). The number of hydrogen-bond donors (Lipinski definition) is 1. The first-order valence-electron chi connectivity index (χ1n) is 6.51. The van der Waals surface area contributed by atoms with Crippen LogP contribution in [0.5, 0.6) is 0 Å². The Bertz CT molecular complexity index is 378. The average Bonchev–Trinajstić information content (AvgIpc) is 2.79. The van der Waals surface area contributed by atoms with E-state index < -0.39 is 0 Å². The van der Waals surface area contributed by atoms with E-state index in [4.69, 9.17) is 0 Å². The fourth-order valence-corrected chi connectivity index (χ4v) is 2.54. The molecule has 0 spiro atoms. The van der Waals surface area contributed by atoms with Crippen LogP contribution in [0.25, 0.3) is 0 Å². The lowest BCUT2D eigenvalue weighted by molar-refractivity contribution is 0.529. The van der Waals surface area contributed by atoms with Crippen LogP contribution in [0.3, 0.4) is 0 Å². The molecule has 0 radical (unpaired) electrons. The second-order valence-corrected chi connectivity index (χ2v) is 4.84. The number of rotatable bonds is 4. The second kappa shape index (κ2) is 5.34. The van der Waals surface area contributed by atoms with Gasteiger partial charge < -0.3 is 10.2 Å². The van der Waals surface area contributed by atoms with Gasteiger partial charge in [0.25, 0.3) is 0 Å². The molecule has 0 aliphatic carbocycles. The molecule has 0 saturated carbocycles. The SMILES string of the molecule is CCCC1CCN(c2nc(NC)ncc2C)C1. The van der Waals surface area contributed by atoms with Gasteiger partial charge in [-0.05, 0) is 25.7 Å². The highest BCUT2D eigenvalue weighted by atomic mass is 15.2. The molecule has 17 heavy (non-hydrogen) atoms. The molecule has 0 aromatic carbocycles. The first-order valence-corrected chi connectivity index (χ1v) is 6.51. The molecule has 2 heterocycles. The van der Waals surface area contributed by atoms with E-state index in [0.717, 1.165) is 24.8 Å². The molecule has 1 saturated heterocycles. The summed E-state index contributed by atoms with van der Waals surface area (Å²) in [4.78, 5) is 11.2. The summed E-state index contributed by atoms with van der Waals surface area (Å²) >= 11 is 0. The third kappa shape index (κ3) is 2.68. The van der Waals surface area contributed by atoms with Crippen LogP contribution in [-0.2, 0) is 0 Å². The van der Waals surface area contributed by atoms with E-state index in [1.807, 2.05) is 13.2 Å². The van der Waals surface area contributed by atoms with Gasteiger partial charge in [-0.25, -0.2) is 4.98 Å². The first-order chi connectivity index (χ1) is 8.24. The van der Waals surface area contributed by atoms with Gasteiger partial charge in [0, 0.05) is 31.9 Å². The van der Waals surface area contributed by atoms with Crippen LogP contribution >= 0.6 is 0 Å². The second-order valence-electron chi connectivity index (χ2n) is 4.84. The molecule has 1 N–H and O–H groups in total. The first kappa shape index (κ1) is 12.1. The van der Waals surface area contributed by atoms with Crippen LogP contribution in [0.2, 0.25) is 0 Å². The van der Waals surface area contributed by atoms with Gasteiger partial charge in [-0.2, -0.15) is 4.98 Å². The maximum Gasteiger partial charge on any atom is 0.224 e. The minimum atomic E-state index is 0.713. The molecule has 2 rings (SSSR count). The fraction of sp³-hybridized carbons (Fsp3) is 0.692. The molecule has 0 bridgehead atoms. The van der Waals surface area contributed by atoms with Crippen LogP contribution < -0.4 is 10.2 Å². The lowest BCUT2D eigenvalue weighted by Gasteiger charge is -2.19. The summed E-state index contributed by atoms with van der Waals surface area (Å²) in [5, 5.41) is 3.01. The van der Waals surface area contributed by atoms with E-state index in [9.17, 15) is 0 Å². The highest BCUT2D eigenvalue weighted by Crippen LogP contribution is 2.27. The van der Waals surface area contributed by atoms with Gasteiger partial charge in [0.15, 0.2) is 0 Å². The van der Waals surface area contributed by atoms with Crippen molar-refractivity contribution in [2.24, 2.45) is 5.92 Å². The molecule has 1 atom stereocenters. The average molecular weight is 234 g/mol. The zero-order valence-electron chi connectivity index (χ0n) is 11.0. The lowest BCUT2D eigenvalue weighted by atomic mass is 10.0. The van der Waals surface area contributed by atoms with Crippen molar-refractivity contribution < 1.29 is 0 Å². The number of anilines is 2. The topological polar surface area (TPSA) is 41.1 Å². The predicted octanol–water partition coefficient (Wildman–Crippen LogP) is 2.45. The van der Waals surface area contributed by atoms with Crippen molar-refractivity contribution in [1.82, 2.24) is 9.97 Å². The van der Waals surface area contributed by atoms with Gasteiger partial charge >= 0.3 is 0 Å². The lowest BCUT2D eigenvalue weighted by Crippen LogP contribution is -2.22. The summed E-state index contributed by atoms with van der Waals surface area (Å²) < 4.78 is 0. The summed E-state index contributed by atoms with van der Waals surface area (Å²) in [5.41, 5.74) is 1.17. The number of hydrogen-bond acceptors (Lipinski definition) is 4. The number of aromatic nitrogens is 2. The molecule has 0 amide bonds. The van der Waals surface area contributed by atoms with Gasteiger partial charge in [-0.1, -0.05) is 13.3 Å². The Balaban J connectivity index is 2.12. The third-order valence-corrected chi connectivity index (χ3v) is 3.45. The molecule has 94 valence electrons. The van der Waals surface area contributed by atoms with E-state index in [1.54, 1.807) is 0 Å². The summed E-state index contributed by atoms with van der Waals surface area (Å²) in [6.45, 7) is 6.63. The van der Waals surface area contributed by atoms with Gasteiger partial charge in [0.05, 0.1) is 0 Å². The highest BCUT2D eigenvalue weighted by molar-refractivity contribution is 5.49. The predicted molar refractivity (Wildman–Crippen MR) is 71.5 cm³/mol. The zero-order chi connectivity index (χ0) is 12.3. The van der Waals surface area contributed by atoms with Crippen molar-refractivity contribution in [1.29, 1.82) is 0 Å². The Morgan fingerprint density at radius 3 is 3.06 bits per heavy atom. The summed E-state index contributed by atoms with van der Waals surface area (Å²) in [6, 6.07) is 0. The van der Waals surface area contributed by atoms with Crippen LogP contribution in [0, 0.1) is 12.8 Å². The quantitative estimate of drug-likeness (QED) is 0.869. The zero-order valence-corrected chi connectivity index (χ0v) is 11.0. The van der Waals surface area contributed by atoms with E-state index in [1.165, 1.54) is 24.8 Å². The Morgan fingerprint density at radius 1 is 1.53 bits per heavy atom. The number of aryl methyl sites for hydroxylation is 1. The highest BCUT2D eigenvalue weighted by Gasteiger charge is 2.24. The normalized spacial score (nSPS) is 19.7. The van der Waals surface area contributed by atoms with Gasteiger partial charge in [-0.15, -0.1) is 0 Å². The Labute approximate surface area is 103 Å². The number of nitrogens with zero attached hydrogens (tertiary/aromatic N) is 3. The molecule has 4 nitrogen and oxygen atoms in total. The van der Waals surface area contributed by atoms with Crippen LogP contribution in [0.4, 0.5) is 11.8 Å².